The number of benzene rings is 1. The van der Waals surface area contributed by atoms with Gasteiger partial charge in [0.05, 0.1) is 30.6 Å². The van der Waals surface area contributed by atoms with Crippen LogP contribution in [0.1, 0.15) is 37.6 Å². The van der Waals surface area contributed by atoms with Gasteiger partial charge in [0.15, 0.2) is 29.1 Å². The molecule has 2 N–H and O–H groups in total. The van der Waals surface area contributed by atoms with Gasteiger partial charge in [-0.25, -0.2) is 19.7 Å². The molecule has 11 heteroatoms. The molecule has 2 aromatic heterocycles. The summed E-state index contributed by atoms with van der Waals surface area (Å²) in [7, 11) is 1.45. The van der Waals surface area contributed by atoms with E-state index in [-0.39, 0.29) is 16.4 Å². The van der Waals surface area contributed by atoms with E-state index in [1.807, 2.05) is 0 Å². The Kier molecular flexibility index (Phi) is 7.47. The lowest BCUT2D eigenvalue weighted by molar-refractivity contribution is -0.123. The van der Waals surface area contributed by atoms with E-state index in [9.17, 15) is 9.59 Å². The summed E-state index contributed by atoms with van der Waals surface area (Å²) in [4.78, 5) is 40.0. The van der Waals surface area contributed by atoms with Crippen LogP contribution in [0.25, 0.3) is 11.2 Å². The normalized spacial score (nSPS) is 11.9. The van der Waals surface area contributed by atoms with Crippen LogP contribution >= 0.6 is 11.6 Å². The number of H-pyrrole nitrogens is 1. The molecule has 0 saturated carbocycles. The summed E-state index contributed by atoms with van der Waals surface area (Å²) in [6.07, 6.45) is 2.44. The Morgan fingerprint density at radius 2 is 1.97 bits per heavy atom. The van der Waals surface area contributed by atoms with Gasteiger partial charge in [-0.3, -0.25) is 4.79 Å². The topological polar surface area (TPSA) is 128 Å². The van der Waals surface area contributed by atoms with Crippen molar-refractivity contribution >= 4 is 40.5 Å². The van der Waals surface area contributed by atoms with Crippen LogP contribution in [0.2, 0.25) is 5.02 Å². The Bertz CT molecular complexity index is 1120. The van der Waals surface area contributed by atoms with Crippen LogP contribution in [0.4, 0.5) is 5.82 Å². The number of carbonyl (C=O) groups is 2. The number of anilines is 1. The fourth-order valence-electron chi connectivity index (χ4n) is 2.73. The monoisotopic (exact) mass is 461 g/mol. The lowest BCUT2D eigenvalue weighted by Crippen LogP contribution is -2.30. The molecule has 32 heavy (non-hydrogen) atoms. The Labute approximate surface area is 189 Å². The van der Waals surface area contributed by atoms with Gasteiger partial charge in [0, 0.05) is 0 Å². The molecule has 0 aliphatic carbocycles. The highest BCUT2D eigenvalue weighted by atomic mass is 35.5. The maximum absolute atomic E-state index is 12.6. The highest BCUT2D eigenvalue weighted by Gasteiger charge is 2.23. The smallest absolute Gasteiger partial charge is 0.339 e. The predicted octanol–water partition coefficient (Wildman–Crippen LogP) is 3.62. The first kappa shape index (κ1) is 23.3. The zero-order chi connectivity index (χ0) is 23.3. The van der Waals surface area contributed by atoms with Crippen molar-refractivity contribution in [3.05, 3.63) is 35.4 Å². The number of hydrogen-bond donors (Lipinski definition) is 2. The molecule has 3 rings (SSSR count). The van der Waals surface area contributed by atoms with Gasteiger partial charge >= 0.3 is 5.97 Å². The predicted molar refractivity (Wildman–Crippen MR) is 118 cm³/mol. The number of methoxy groups -OCH3 is 1. The largest absolute Gasteiger partial charge is 0.493 e. The standard InChI is InChI=1S/C21H24ClN5O5/c1-11(2)5-6-31-17-14(22)7-13(8-15(17)30-4)21(29)32-12(3)20(28)27-19-16-18(24-9-23-16)25-10-26-19/h7-12H,5-6H2,1-4H3,(H2,23,24,25,26,27,28). The molecule has 0 fully saturated rings. The molecule has 0 bridgehead atoms. The third-order valence-electron chi connectivity index (χ3n) is 4.52. The lowest BCUT2D eigenvalue weighted by Gasteiger charge is -2.16. The number of esters is 1. The molecule has 3 aromatic rings. The zero-order valence-corrected chi connectivity index (χ0v) is 18.9. The summed E-state index contributed by atoms with van der Waals surface area (Å²) >= 11 is 6.31. The number of fused-ring (bicyclic) bond motifs is 1. The molecule has 0 spiro atoms. The Hall–Kier alpha value is -3.40. The van der Waals surface area contributed by atoms with E-state index in [2.05, 4.69) is 39.1 Å². The fourth-order valence-corrected chi connectivity index (χ4v) is 3.00. The molecule has 170 valence electrons. The summed E-state index contributed by atoms with van der Waals surface area (Å²) in [6.45, 7) is 6.07. The molecule has 1 amide bonds. The van der Waals surface area contributed by atoms with Gasteiger partial charge in [0.2, 0.25) is 0 Å². The second-order valence-electron chi connectivity index (χ2n) is 7.38. The van der Waals surface area contributed by atoms with Crippen LogP contribution < -0.4 is 14.8 Å². The minimum atomic E-state index is -1.11. The number of nitrogens with zero attached hydrogens (tertiary/aromatic N) is 3. The first-order chi connectivity index (χ1) is 15.3. The molecule has 10 nitrogen and oxygen atoms in total. The van der Waals surface area contributed by atoms with E-state index in [4.69, 9.17) is 25.8 Å². The van der Waals surface area contributed by atoms with Crippen molar-refractivity contribution in [3.8, 4) is 11.5 Å². The minimum Gasteiger partial charge on any atom is -0.493 e. The molecule has 2 heterocycles. The van der Waals surface area contributed by atoms with E-state index >= 15 is 0 Å². The van der Waals surface area contributed by atoms with Crippen LogP contribution in [-0.4, -0.2) is 51.6 Å². The SMILES string of the molecule is COc1cc(C(=O)OC(C)C(=O)Nc2ncnc3nc[nH]c23)cc(Cl)c1OCCC(C)C. The molecule has 1 atom stereocenters. The number of nitrogens with one attached hydrogen (secondary N) is 2. The van der Waals surface area contributed by atoms with Crippen LogP contribution in [0.5, 0.6) is 11.5 Å². The quantitative estimate of drug-likeness (QED) is 0.462. The summed E-state index contributed by atoms with van der Waals surface area (Å²) in [5.41, 5.74) is 0.988. The number of carbonyl (C=O) groups excluding carboxylic acids is 2. The minimum absolute atomic E-state index is 0.126. The molecule has 0 aliphatic rings. The van der Waals surface area contributed by atoms with Gasteiger partial charge in [-0.05, 0) is 31.4 Å². The van der Waals surface area contributed by atoms with Gasteiger partial charge in [-0.15, -0.1) is 0 Å². The average molecular weight is 462 g/mol. The highest BCUT2D eigenvalue weighted by molar-refractivity contribution is 6.32. The Balaban J connectivity index is 1.68. The maximum atomic E-state index is 12.6. The Morgan fingerprint density at radius 3 is 2.69 bits per heavy atom. The summed E-state index contributed by atoms with van der Waals surface area (Å²) in [6, 6.07) is 2.88. The summed E-state index contributed by atoms with van der Waals surface area (Å²) in [5, 5.41) is 2.80. The van der Waals surface area contributed by atoms with Gasteiger partial charge in [0.1, 0.15) is 11.8 Å². The third-order valence-corrected chi connectivity index (χ3v) is 4.81. The van der Waals surface area contributed by atoms with E-state index in [1.165, 1.54) is 38.8 Å². The molecule has 0 aliphatic heterocycles. The van der Waals surface area contributed by atoms with Crippen molar-refractivity contribution in [1.82, 2.24) is 19.9 Å². The summed E-state index contributed by atoms with van der Waals surface area (Å²) < 4.78 is 16.3. The molecular formula is C21H24ClN5O5. The second-order valence-corrected chi connectivity index (χ2v) is 7.79. The van der Waals surface area contributed by atoms with Crippen molar-refractivity contribution in [2.75, 3.05) is 19.0 Å². The molecular weight excluding hydrogens is 438 g/mol. The number of ether oxygens (including phenoxy) is 3. The fraction of sp³-hybridized carbons (Fsp3) is 0.381. The van der Waals surface area contributed by atoms with Gasteiger partial charge in [-0.1, -0.05) is 25.4 Å². The van der Waals surface area contributed by atoms with Crippen LogP contribution in [0.3, 0.4) is 0 Å². The van der Waals surface area contributed by atoms with E-state index in [1.54, 1.807) is 0 Å². The number of imidazole rings is 1. The van der Waals surface area contributed by atoms with Crippen molar-refractivity contribution in [2.45, 2.75) is 33.3 Å². The average Bonchev–Trinajstić information content (AvgIpc) is 3.24. The molecule has 1 aromatic carbocycles. The molecule has 0 saturated heterocycles. The first-order valence-corrected chi connectivity index (χ1v) is 10.3. The number of rotatable bonds is 9. The number of amides is 1. The lowest BCUT2D eigenvalue weighted by atomic mass is 10.1. The first-order valence-electron chi connectivity index (χ1n) is 9.96. The van der Waals surface area contributed by atoms with E-state index < -0.39 is 18.0 Å². The van der Waals surface area contributed by atoms with Crippen molar-refractivity contribution in [2.24, 2.45) is 5.92 Å². The molecule has 1 unspecified atom stereocenters. The second kappa shape index (κ2) is 10.3. The number of aromatic amines is 1. The molecule has 0 radical (unpaired) electrons. The van der Waals surface area contributed by atoms with Gasteiger partial charge < -0.3 is 24.5 Å². The summed E-state index contributed by atoms with van der Waals surface area (Å²) in [5.74, 6) is 0.0365. The van der Waals surface area contributed by atoms with Crippen molar-refractivity contribution < 1.29 is 23.8 Å². The van der Waals surface area contributed by atoms with E-state index in [0.717, 1.165) is 6.42 Å². The van der Waals surface area contributed by atoms with Crippen molar-refractivity contribution in [3.63, 3.8) is 0 Å². The van der Waals surface area contributed by atoms with Gasteiger partial charge in [0.25, 0.3) is 5.91 Å². The van der Waals surface area contributed by atoms with Gasteiger partial charge in [-0.2, -0.15) is 0 Å². The van der Waals surface area contributed by atoms with Crippen LogP contribution in [0.15, 0.2) is 24.8 Å². The third kappa shape index (κ3) is 5.44. The van der Waals surface area contributed by atoms with Crippen molar-refractivity contribution in [1.29, 1.82) is 0 Å². The maximum Gasteiger partial charge on any atom is 0.339 e. The van der Waals surface area contributed by atoms with Crippen LogP contribution in [0, 0.1) is 5.92 Å². The number of aromatic nitrogens is 4. The Morgan fingerprint density at radius 1 is 1.19 bits per heavy atom. The van der Waals surface area contributed by atoms with Crippen LogP contribution in [-0.2, 0) is 9.53 Å². The highest BCUT2D eigenvalue weighted by Crippen LogP contribution is 2.37. The van der Waals surface area contributed by atoms with E-state index in [0.29, 0.717) is 35.2 Å². The zero-order valence-electron chi connectivity index (χ0n) is 18.1. The number of halogens is 1. The number of hydrogen-bond acceptors (Lipinski definition) is 8.